The van der Waals surface area contributed by atoms with Gasteiger partial charge >= 0.3 is 5.97 Å². The fraction of sp³-hybridized carbons (Fsp3) is 0.200. The first kappa shape index (κ1) is 19.3. The molecule has 0 amide bonds. The Balaban J connectivity index is 1.69. The highest BCUT2D eigenvalue weighted by molar-refractivity contribution is 6.42. The van der Waals surface area contributed by atoms with Crippen molar-refractivity contribution >= 4 is 35.0 Å². The molecule has 27 heavy (non-hydrogen) atoms. The minimum atomic E-state index is -0.633. The first-order chi connectivity index (χ1) is 12.9. The maximum absolute atomic E-state index is 12.5. The molecule has 0 aliphatic heterocycles. The molecule has 0 saturated heterocycles. The number of aryl methyl sites for hydroxylation is 1. The fourth-order valence-electron chi connectivity index (χ4n) is 2.80. The summed E-state index contributed by atoms with van der Waals surface area (Å²) in [6.45, 7) is 3.93. The molecule has 3 rings (SSSR count). The summed E-state index contributed by atoms with van der Waals surface area (Å²) in [6.07, 6.45) is 1.61. The van der Waals surface area contributed by atoms with E-state index in [9.17, 15) is 9.59 Å². The minimum absolute atomic E-state index is 0.237. The Kier molecular flexibility index (Phi) is 5.73. The summed E-state index contributed by atoms with van der Waals surface area (Å²) < 4.78 is 12.5. The lowest BCUT2D eigenvalue weighted by Crippen LogP contribution is -2.15. The van der Waals surface area contributed by atoms with Crippen LogP contribution in [0.5, 0.6) is 0 Å². The van der Waals surface area contributed by atoms with Gasteiger partial charge in [-0.1, -0.05) is 23.2 Å². The van der Waals surface area contributed by atoms with Crippen LogP contribution in [0.3, 0.4) is 0 Å². The third kappa shape index (κ3) is 4.26. The quantitative estimate of drug-likeness (QED) is 0.423. The number of benzene rings is 1. The SMILES string of the molecule is Cc1cc(C(=O)COC(=O)c2ccc(Cl)c(Cl)c2)c(C)n1Cc1ccco1. The van der Waals surface area contributed by atoms with E-state index in [-0.39, 0.29) is 23.0 Å². The van der Waals surface area contributed by atoms with Gasteiger partial charge in [-0.3, -0.25) is 4.79 Å². The lowest BCUT2D eigenvalue weighted by Gasteiger charge is -2.08. The van der Waals surface area contributed by atoms with Crippen LogP contribution in [0.1, 0.15) is 37.9 Å². The number of halogens is 2. The molecule has 1 aromatic carbocycles. The van der Waals surface area contributed by atoms with Gasteiger partial charge in [-0.05, 0) is 50.2 Å². The molecule has 0 N–H and O–H groups in total. The van der Waals surface area contributed by atoms with E-state index in [0.717, 1.165) is 17.1 Å². The molecular weight excluding hydrogens is 389 g/mol. The average Bonchev–Trinajstić information content (AvgIpc) is 3.25. The van der Waals surface area contributed by atoms with Crippen molar-refractivity contribution in [2.75, 3.05) is 6.61 Å². The number of ketones is 1. The summed E-state index contributed by atoms with van der Waals surface area (Å²) in [5.41, 5.74) is 2.46. The standard InChI is InChI=1S/C20H17Cl2NO4/c1-12-8-16(13(2)23(12)10-15-4-3-7-26-15)19(24)11-27-20(25)14-5-6-17(21)18(22)9-14/h3-9H,10-11H2,1-2H3. The van der Waals surface area contributed by atoms with Gasteiger partial charge in [-0.15, -0.1) is 0 Å². The molecule has 0 radical (unpaired) electrons. The maximum atomic E-state index is 12.5. The molecule has 2 aromatic heterocycles. The number of aromatic nitrogens is 1. The largest absolute Gasteiger partial charge is 0.467 e. The van der Waals surface area contributed by atoms with Crippen molar-refractivity contribution in [1.29, 1.82) is 0 Å². The van der Waals surface area contributed by atoms with Gasteiger partial charge in [-0.25, -0.2) is 4.79 Å². The molecule has 7 heteroatoms. The molecule has 3 aromatic rings. The summed E-state index contributed by atoms with van der Waals surface area (Å²) >= 11 is 11.7. The van der Waals surface area contributed by atoms with E-state index in [2.05, 4.69) is 0 Å². The molecule has 140 valence electrons. The van der Waals surface area contributed by atoms with E-state index in [4.69, 9.17) is 32.4 Å². The maximum Gasteiger partial charge on any atom is 0.338 e. The normalized spacial score (nSPS) is 10.8. The first-order valence-corrected chi connectivity index (χ1v) is 8.97. The van der Waals surface area contributed by atoms with Crippen LogP contribution in [-0.2, 0) is 11.3 Å². The number of esters is 1. The monoisotopic (exact) mass is 405 g/mol. The van der Waals surface area contributed by atoms with Crippen LogP contribution in [0, 0.1) is 13.8 Å². The van der Waals surface area contributed by atoms with Crippen molar-refractivity contribution in [3.8, 4) is 0 Å². The number of Topliss-reactive ketones (excluding diaryl/α,β-unsaturated/α-hetero) is 1. The highest BCUT2D eigenvalue weighted by Gasteiger charge is 2.18. The number of hydrogen-bond donors (Lipinski definition) is 0. The second kappa shape index (κ2) is 8.03. The Morgan fingerprint density at radius 3 is 2.56 bits per heavy atom. The van der Waals surface area contributed by atoms with E-state index >= 15 is 0 Å². The third-order valence-corrected chi connectivity index (χ3v) is 5.00. The lowest BCUT2D eigenvalue weighted by molar-refractivity contribution is 0.0474. The fourth-order valence-corrected chi connectivity index (χ4v) is 3.10. The van der Waals surface area contributed by atoms with E-state index in [0.29, 0.717) is 17.1 Å². The van der Waals surface area contributed by atoms with Crippen LogP contribution < -0.4 is 0 Å². The van der Waals surface area contributed by atoms with Gasteiger partial charge in [0.1, 0.15) is 5.76 Å². The van der Waals surface area contributed by atoms with E-state index in [1.54, 1.807) is 12.3 Å². The average molecular weight is 406 g/mol. The number of carbonyl (C=O) groups is 2. The highest BCUT2D eigenvalue weighted by Crippen LogP contribution is 2.23. The van der Waals surface area contributed by atoms with Crippen LogP contribution in [-0.4, -0.2) is 22.9 Å². The molecule has 0 bridgehead atoms. The minimum Gasteiger partial charge on any atom is -0.467 e. The number of ether oxygens (including phenoxy) is 1. The Morgan fingerprint density at radius 1 is 1.11 bits per heavy atom. The molecule has 0 aliphatic carbocycles. The second-order valence-corrected chi connectivity index (χ2v) is 6.89. The van der Waals surface area contributed by atoms with Crippen molar-refractivity contribution in [1.82, 2.24) is 4.57 Å². The Morgan fingerprint density at radius 2 is 1.89 bits per heavy atom. The van der Waals surface area contributed by atoms with Crippen molar-refractivity contribution in [2.24, 2.45) is 0 Å². The Labute approximate surface area is 166 Å². The number of nitrogens with zero attached hydrogens (tertiary/aromatic N) is 1. The zero-order valence-corrected chi connectivity index (χ0v) is 16.3. The molecule has 0 spiro atoms. The number of furan rings is 1. The smallest absolute Gasteiger partial charge is 0.338 e. The number of hydrogen-bond acceptors (Lipinski definition) is 4. The zero-order chi connectivity index (χ0) is 19.6. The van der Waals surface area contributed by atoms with Gasteiger partial charge in [0.2, 0.25) is 5.78 Å². The highest BCUT2D eigenvalue weighted by atomic mass is 35.5. The summed E-state index contributed by atoms with van der Waals surface area (Å²) in [5.74, 6) is -0.115. The van der Waals surface area contributed by atoms with Gasteiger partial charge < -0.3 is 13.7 Å². The van der Waals surface area contributed by atoms with Crippen molar-refractivity contribution < 1.29 is 18.7 Å². The molecule has 2 heterocycles. The summed E-state index contributed by atoms with van der Waals surface area (Å²) in [4.78, 5) is 24.6. The Hall–Kier alpha value is -2.50. The molecule has 0 aliphatic rings. The summed E-state index contributed by atoms with van der Waals surface area (Å²) in [6, 6.07) is 9.89. The van der Waals surface area contributed by atoms with Crippen molar-refractivity contribution in [3.05, 3.63) is 81.0 Å². The third-order valence-electron chi connectivity index (χ3n) is 4.26. The van der Waals surface area contributed by atoms with Gasteiger partial charge in [-0.2, -0.15) is 0 Å². The topological polar surface area (TPSA) is 61.4 Å². The van der Waals surface area contributed by atoms with Gasteiger partial charge in [0.15, 0.2) is 6.61 Å². The first-order valence-electron chi connectivity index (χ1n) is 8.21. The number of rotatable bonds is 6. The summed E-state index contributed by atoms with van der Waals surface area (Å²) in [7, 11) is 0. The van der Waals surface area contributed by atoms with Gasteiger partial charge in [0.25, 0.3) is 0 Å². The number of carbonyl (C=O) groups excluding carboxylic acids is 2. The van der Waals surface area contributed by atoms with Crippen LogP contribution >= 0.6 is 23.2 Å². The van der Waals surface area contributed by atoms with E-state index in [1.807, 2.05) is 30.5 Å². The second-order valence-electron chi connectivity index (χ2n) is 6.08. The van der Waals surface area contributed by atoms with E-state index in [1.165, 1.54) is 18.2 Å². The zero-order valence-electron chi connectivity index (χ0n) is 14.8. The van der Waals surface area contributed by atoms with Crippen LogP contribution in [0.4, 0.5) is 0 Å². The van der Waals surface area contributed by atoms with Crippen LogP contribution in [0.25, 0.3) is 0 Å². The van der Waals surface area contributed by atoms with Crippen LogP contribution in [0.2, 0.25) is 10.0 Å². The van der Waals surface area contributed by atoms with Crippen molar-refractivity contribution in [3.63, 3.8) is 0 Å². The predicted molar refractivity (Wildman–Crippen MR) is 103 cm³/mol. The molecular formula is C20H17Cl2NO4. The van der Waals surface area contributed by atoms with Gasteiger partial charge in [0.05, 0.1) is 28.4 Å². The van der Waals surface area contributed by atoms with Crippen molar-refractivity contribution in [2.45, 2.75) is 20.4 Å². The Bertz CT molecular complexity index is 990. The summed E-state index contributed by atoms with van der Waals surface area (Å²) in [5, 5.41) is 0.590. The molecule has 0 fully saturated rings. The van der Waals surface area contributed by atoms with E-state index < -0.39 is 5.97 Å². The molecule has 5 nitrogen and oxygen atoms in total. The predicted octanol–water partition coefficient (Wildman–Crippen LogP) is 5.09. The van der Waals surface area contributed by atoms with Crippen LogP contribution in [0.15, 0.2) is 47.1 Å². The molecule has 0 unspecified atom stereocenters. The lowest BCUT2D eigenvalue weighted by atomic mass is 10.1. The van der Waals surface area contributed by atoms with Gasteiger partial charge in [0, 0.05) is 17.0 Å². The molecule has 0 atom stereocenters. The molecule has 0 saturated carbocycles.